The van der Waals surface area contributed by atoms with Crippen molar-refractivity contribution in [2.45, 2.75) is 58.0 Å². The average Bonchev–Trinajstić information content (AvgIpc) is 2.49. The zero-order chi connectivity index (χ0) is 15.5. The van der Waals surface area contributed by atoms with Crippen molar-refractivity contribution in [2.75, 3.05) is 0 Å². The number of halogens is 1. The summed E-state index contributed by atoms with van der Waals surface area (Å²) in [5, 5.41) is 20.8. The van der Waals surface area contributed by atoms with E-state index < -0.39 is 11.0 Å². The third kappa shape index (κ3) is 3.49. The molecular formula is C18H24BrNO. The zero-order valence-corrected chi connectivity index (χ0v) is 14.5. The van der Waals surface area contributed by atoms with Gasteiger partial charge in [-0.3, -0.25) is 0 Å². The van der Waals surface area contributed by atoms with Crippen LogP contribution in [0.2, 0.25) is 0 Å². The molecule has 0 radical (unpaired) electrons. The Balaban J connectivity index is 2.16. The van der Waals surface area contributed by atoms with Crippen molar-refractivity contribution in [2.24, 2.45) is 11.3 Å². The molecule has 2 nitrogen and oxygen atoms in total. The van der Waals surface area contributed by atoms with Crippen LogP contribution in [-0.4, -0.2) is 10.7 Å². The van der Waals surface area contributed by atoms with Crippen LogP contribution >= 0.6 is 15.9 Å². The van der Waals surface area contributed by atoms with E-state index in [1.54, 1.807) is 0 Å². The minimum atomic E-state index is -0.978. The number of hydrogen-bond donors (Lipinski definition) is 1. The number of rotatable bonds is 4. The highest BCUT2D eigenvalue weighted by atomic mass is 79.9. The Morgan fingerprint density at radius 2 is 1.90 bits per heavy atom. The largest absolute Gasteiger partial charge is 0.388 e. The Morgan fingerprint density at radius 1 is 1.33 bits per heavy atom. The summed E-state index contributed by atoms with van der Waals surface area (Å²) < 4.78 is 1.03. The fraction of sp³-hybridized carbons (Fsp3) is 0.611. The summed E-state index contributed by atoms with van der Waals surface area (Å²) in [7, 11) is 0. The van der Waals surface area contributed by atoms with E-state index in [-0.39, 0.29) is 0 Å². The molecule has 1 unspecified atom stereocenters. The summed E-state index contributed by atoms with van der Waals surface area (Å²) in [6.45, 7) is 4.05. The summed E-state index contributed by atoms with van der Waals surface area (Å²) in [5.41, 5.74) is -0.504. The van der Waals surface area contributed by atoms with Gasteiger partial charge in [-0.1, -0.05) is 41.4 Å². The molecule has 114 valence electrons. The van der Waals surface area contributed by atoms with E-state index in [0.717, 1.165) is 41.6 Å². The van der Waals surface area contributed by atoms with Crippen molar-refractivity contribution >= 4 is 15.9 Å². The van der Waals surface area contributed by atoms with E-state index in [0.29, 0.717) is 6.42 Å². The van der Waals surface area contributed by atoms with Crippen molar-refractivity contribution in [3.63, 3.8) is 0 Å². The van der Waals surface area contributed by atoms with E-state index in [2.05, 4.69) is 28.9 Å². The molecule has 0 aromatic heterocycles. The molecule has 1 aliphatic carbocycles. The summed E-state index contributed by atoms with van der Waals surface area (Å²) in [6, 6.07) is 10.5. The van der Waals surface area contributed by atoms with Crippen LogP contribution < -0.4 is 0 Å². The van der Waals surface area contributed by atoms with Crippen molar-refractivity contribution in [3.8, 4) is 6.07 Å². The Hall–Kier alpha value is -0.850. The maximum Gasteiger partial charge on any atom is 0.0861 e. The first kappa shape index (κ1) is 16.5. The van der Waals surface area contributed by atoms with Gasteiger partial charge in [0.15, 0.2) is 0 Å². The lowest BCUT2D eigenvalue weighted by atomic mass is 9.61. The van der Waals surface area contributed by atoms with Crippen molar-refractivity contribution in [3.05, 3.63) is 34.3 Å². The molecule has 1 atom stereocenters. The van der Waals surface area contributed by atoms with Gasteiger partial charge in [0.1, 0.15) is 0 Å². The third-order valence-corrected chi connectivity index (χ3v) is 5.77. The van der Waals surface area contributed by atoms with Gasteiger partial charge < -0.3 is 5.11 Å². The predicted molar refractivity (Wildman–Crippen MR) is 88.8 cm³/mol. The summed E-state index contributed by atoms with van der Waals surface area (Å²) >= 11 is 3.43. The number of hydrogen-bond acceptors (Lipinski definition) is 2. The fourth-order valence-electron chi connectivity index (χ4n) is 3.52. The van der Waals surface area contributed by atoms with E-state index in [1.165, 1.54) is 6.42 Å². The highest BCUT2D eigenvalue weighted by Gasteiger charge is 2.49. The lowest BCUT2D eigenvalue weighted by molar-refractivity contribution is -0.0633. The zero-order valence-electron chi connectivity index (χ0n) is 12.9. The molecule has 0 amide bonds. The molecule has 0 bridgehead atoms. The molecule has 0 heterocycles. The maximum atomic E-state index is 11.0. The normalized spacial score (nSPS) is 28.6. The van der Waals surface area contributed by atoms with E-state index in [1.807, 2.05) is 31.2 Å². The molecule has 1 aromatic rings. The summed E-state index contributed by atoms with van der Waals surface area (Å²) in [5.74, 6) is 0.718. The molecular weight excluding hydrogens is 326 g/mol. The Bertz CT molecular complexity index is 507. The Morgan fingerprint density at radius 3 is 2.38 bits per heavy atom. The van der Waals surface area contributed by atoms with Gasteiger partial charge in [-0.05, 0) is 56.2 Å². The maximum absolute atomic E-state index is 11.0. The van der Waals surface area contributed by atoms with Gasteiger partial charge in [-0.2, -0.15) is 5.26 Å². The quantitative estimate of drug-likeness (QED) is 0.843. The van der Waals surface area contributed by atoms with Gasteiger partial charge >= 0.3 is 0 Å². The van der Waals surface area contributed by atoms with Gasteiger partial charge in [-0.15, -0.1) is 0 Å². The second-order valence-corrected chi connectivity index (χ2v) is 7.54. The SMILES string of the molecule is CCC1CCC(C#N)(C(C)(O)Cc2ccc(Br)cc2)CC1. The Kier molecular flexibility index (Phi) is 5.11. The molecule has 0 spiro atoms. The van der Waals surface area contributed by atoms with Crippen LogP contribution in [0.1, 0.15) is 51.5 Å². The van der Waals surface area contributed by atoms with Crippen LogP contribution in [-0.2, 0) is 6.42 Å². The average molecular weight is 350 g/mol. The molecule has 1 aromatic carbocycles. The first-order valence-corrected chi connectivity index (χ1v) is 8.60. The summed E-state index contributed by atoms with van der Waals surface area (Å²) in [4.78, 5) is 0. The second kappa shape index (κ2) is 6.50. The topological polar surface area (TPSA) is 44.0 Å². The predicted octanol–water partition coefficient (Wildman–Crippen LogP) is 4.85. The summed E-state index contributed by atoms with van der Waals surface area (Å²) in [6.07, 6.45) is 5.44. The molecule has 1 N–H and O–H groups in total. The van der Waals surface area contributed by atoms with Crippen LogP contribution in [0.25, 0.3) is 0 Å². The number of nitriles is 1. The molecule has 1 fully saturated rings. The highest BCUT2D eigenvalue weighted by Crippen LogP contribution is 2.48. The van der Waals surface area contributed by atoms with Crippen LogP contribution in [0.15, 0.2) is 28.7 Å². The van der Waals surface area contributed by atoms with Gasteiger partial charge in [0.2, 0.25) is 0 Å². The number of aliphatic hydroxyl groups is 1. The lowest BCUT2D eigenvalue weighted by Gasteiger charge is -2.44. The Labute approximate surface area is 136 Å². The lowest BCUT2D eigenvalue weighted by Crippen LogP contribution is -2.48. The van der Waals surface area contributed by atoms with Crippen LogP contribution in [0.3, 0.4) is 0 Å². The van der Waals surface area contributed by atoms with Crippen molar-refractivity contribution in [1.82, 2.24) is 0 Å². The van der Waals surface area contributed by atoms with Gasteiger partial charge in [0.05, 0.1) is 17.1 Å². The molecule has 0 saturated heterocycles. The van der Waals surface area contributed by atoms with Gasteiger partial charge in [0, 0.05) is 10.9 Å². The third-order valence-electron chi connectivity index (χ3n) is 5.24. The highest BCUT2D eigenvalue weighted by molar-refractivity contribution is 9.10. The minimum absolute atomic E-state index is 0.532. The first-order chi connectivity index (χ1) is 9.92. The van der Waals surface area contributed by atoms with E-state index >= 15 is 0 Å². The molecule has 3 heteroatoms. The second-order valence-electron chi connectivity index (χ2n) is 6.62. The standard InChI is InChI=1S/C18H24BrNO/c1-3-14-8-10-18(13-20,11-9-14)17(2,21)12-15-4-6-16(19)7-5-15/h4-7,14,21H,3,8-12H2,1-2H3. The van der Waals surface area contributed by atoms with Gasteiger partial charge in [-0.25, -0.2) is 0 Å². The first-order valence-electron chi connectivity index (χ1n) is 7.80. The minimum Gasteiger partial charge on any atom is -0.388 e. The van der Waals surface area contributed by atoms with Crippen LogP contribution in [0, 0.1) is 22.7 Å². The van der Waals surface area contributed by atoms with Crippen molar-refractivity contribution in [1.29, 1.82) is 5.26 Å². The molecule has 1 saturated carbocycles. The number of nitrogens with zero attached hydrogens (tertiary/aromatic N) is 1. The smallest absolute Gasteiger partial charge is 0.0861 e. The molecule has 21 heavy (non-hydrogen) atoms. The molecule has 1 aliphatic rings. The van der Waals surface area contributed by atoms with Crippen LogP contribution in [0.4, 0.5) is 0 Å². The van der Waals surface area contributed by atoms with E-state index in [4.69, 9.17) is 0 Å². The van der Waals surface area contributed by atoms with Gasteiger partial charge in [0.25, 0.3) is 0 Å². The molecule has 2 rings (SSSR count). The fourth-order valence-corrected chi connectivity index (χ4v) is 3.78. The van der Waals surface area contributed by atoms with E-state index in [9.17, 15) is 10.4 Å². The number of benzene rings is 1. The molecule has 0 aliphatic heterocycles. The van der Waals surface area contributed by atoms with Crippen LogP contribution in [0.5, 0.6) is 0 Å². The monoisotopic (exact) mass is 349 g/mol. The van der Waals surface area contributed by atoms with Crippen molar-refractivity contribution < 1.29 is 5.11 Å².